The van der Waals surface area contributed by atoms with Crippen molar-refractivity contribution in [1.29, 1.82) is 5.26 Å². The molecule has 0 fully saturated rings. The predicted molar refractivity (Wildman–Crippen MR) is 120 cm³/mol. The smallest absolute Gasteiger partial charge is 0.276 e. The lowest BCUT2D eigenvalue weighted by Gasteiger charge is -2.11. The average Bonchev–Trinajstić information content (AvgIpc) is 3.25. The number of nitrogens with zero attached hydrogens (tertiary/aromatic N) is 3. The number of nitro benzene ring substituents is 1. The van der Waals surface area contributed by atoms with E-state index in [1.807, 2.05) is 24.3 Å². The Bertz CT molecular complexity index is 1330. The molecule has 158 valence electrons. The third-order valence-corrected chi connectivity index (χ3v) is 4.84. The molecule has 4 rings (SSSR count). The number of imidazole rings is 1. The SMILES string of the molecule is COc1cc(/C=C(\C#N)c2nc3ccccc3[nH]2)ccc1OCc1ccccc1[N+](=O)[O-]. The Kier molecular flexibility index (Phi) is 5.81. The van der Waals surface area contributed by atoms with E-state index in [9.17, 15) is 15.4 Å². The highest BCUT2D eigenvalue weighted by atomic mass is 16.6. The van der Waals surface area contributed by atoms with Gasteiger partial charge in [-0.25, -0.2) is 4.98 Å². The molecule has 32 heavy (non-hydrogen) atoms. The zero-order valence-corrected chi connectivity index (χ0v) is 17.1. The fourth-order valence-electron chi connectivity index (χ4n) is 3.26. The molecular formula is C24H18N4O4. The van der Waals surface area contributed by atoms with Crippen LogP contribution in [0.3, 0.4) is 0 Å². The molecule has 8 nitrogen and oxygen atoms in total. The molecule has 0 aliphatic heterocycles. The van der Waals surface area contributed by atoms with Crippen LogP contribution in [0.25, 0.3) is 22.7 Å². The molecule has 4 aromatic rings. The van der Waals surface area contributed by atoms with Crippen molar-refractivity contribution in [2.75, 3.05) is 7.11 Å². The molecule has 0 radical (unpaired) electrons. The van der Waals surface area contributed by atoms with E-state index < -0.39 is 4.92 Å². The van der Waals surface area contributed by atoms with Gasteiger partial charge in [0.25, 0.3) is 5.69 Å². The fourth-order valence-corrected chi connectivity index (χ4v) is 3.26. The van der Waals surface area contributed by atoms with Gasteiger partial charge in [-0.2, -0.15) is 5.26 Å². The number of nitro groups is 1. The lowest BCUT2D eigenvalue weighted by atomic mass is 10.1. The first-order chi connectivity index (χ1) is 15.6. The number of para-hydroxylation sites is 3. The average molecular weight is 426 g/mol. The van der Waals surface area contributed by atoms with Gasteiger partial charge in [-0.3, -0.25) is 10.1 Å². The first-order valence-corrected chi connectivity index (χ1v) is 9.69. The highest BCUT2D eigenvalue weighted by Gasteiger charge is 2.14. The van der Waals surface area contributed by atoms with Crippen LogP contribution >= 0.6 is 0 Å². The minimum absolute atomic E-state index is 0.00415. The Hall–Kier alpha value is -4.64. The van der Waals surface area contributed by atoms with Crippen LogP contribution in [0, 0.1) is 21.4 Å². The molecule has 1 N–H and O–H groups in total. The Balaban J connectivity index is 1.59. The van der Waals surface area contributed by atoms with Crippen LogP contribution in [0.5, 0.6) is 11.5 Å². The van der Waals surface area contributed by atoms with Crippen molar-refractivity contribution in [3.8, 4) is 17.6 Å². The van der Waals surface area contributed by atoms with Crippen LogP contribution in [-0.4, -0.2) is 22.0 Å². The number of aromatic nitrogens is 2. The van der Waals surface area contributed by atoms with Crippen LogP contribution in [0.15, 0.2) is 66.7 Å². The van der Waals surface area contributed by atoms with E-state index in [1.165, 1.54) is 13.2 Å². The van der Waals surface area contributed by atoms with E-state index in [4.69, 9.17) is 9.47 Å². The van der Waals surface area contributed by atoms with Crippen molar-refractivity contribution in [1.82, 2.24) is 9.97 Å². The molecule has 0 bridgehead atoms. The number of ether oxygens (including phenoxy) is 2. The van der Waals surface area contributed by atoms with E-state index in [2.05, 4.69) is 16.0 Å². The number of hydrogen-bond acceptors (Lipinski definition) is 6. The highest BCUT2D eigenvalue weighted by Crippen LogP contribution is 2.31. The van der Waals surface area contributed by atoms with Crippen molar-refractivity contribution < 1.29 is 14.4 Å². The molecule has 0 aliphatic carbocycles. The van der Waals surface area contributed by atoms with Crippen LogP contribution in [-0.2, 0) is 6.61 Å². The summed E-state index contributed by atoms with van der Waals surface area (Å²) in [5.74, 6) is 1.36. The standard InChI is InChI=1S/C24H18N4O4/c1-31-23-13-16(12-18(14-25)24-26-19-7-3-4-8-20(19)27-24)10-11-22(23)32-15-17-6-2-5-9-21(17)28(29)30/h2-13H,15H2,1H3,(H,26,27)/b18-12+. The van der Waals surface area contributed by atoms with E-state index in [0.29, 0.717) is 28.5 Å². The van der Waals surface area contributed by atoms with Gasteiger partial charge in [0.15, 0.2) is 11.5 Å². The summed E-state index contributed by atoms with van der Waals surface area (Å²) in [4.78, 5) is 18.4. The summed E-state index contributed by atoms with van der Waals surface area (Å²) in [6.07, 6.45) is 1.70. The number of aromatic amines is 1. The van der Waals surface area contributed by atoms with Gasteiger partial charge in [-0.05, 0) is 42.0 Å². The van der Waals surface area contributed by atoms with Gasteiger partial charge in [-0.1, -0.05) is 30.3 Å². The molecule has 8 heteroatoms. The van der Waals surface area contributed by atoms with Crippen LogP contribution < -0.4 is 9.47 Å². The summed E-state index contributed by atoms with van der Waals surface area (Å²) >= 11 is 0. The summed E-state index contributed by atoms with van der Waals surface area (Å²) in [5, 5.41) is 20.8. The van der Waals surface area contributed by atoms with Crippen molar-refractivity contribution in [3.05, 3.63) is 93.8 Å². The van der Waals surface area contributed by atoms with Crippen LogP contribution in [0.2, 0.25) is 0 Å². The van der Waals surface area contributed by atoms with Crippen molar-refractivity contribution in [2.24, 2.45) is 0 Å². The molecule has 0 unspecified atom stereocenters. The topological polar surface area (TPSA) is 114 Å². The van der Waals surface area contributed by atoms with Gasteiger partial charge in [-0.15, -0.1) is 0 Å². The number of rotatable bonds is 7. The summed E-state index contributed by atoms with van der Waals surface area (Å²) in [6, 6.07) is 21.3. The van der Waals surface area contributed by atoms with E-state index in [-0.39, 0.29) is 12.3 Å². The Morgan fingerprint density at radius 2 is 1.94 bits per heavy atom. The molecule has 0 saturated heterocycles. The second-order valence-electron chi connectivity index (χ2n) is 6.86. The molecule has 0 aliphatic rings. The third kappa shape index (κ3) is 4.27. The maximum Gasteiger partial charge on any atom is 0.276 e. The van der Waals surface area contributed by atoms with Crippen molar-refractivity contribution in [2.45, 2.75) is 6.61 Å². The van der Waals surface area contributed by atoms with Gasteiger partial charge in [0.2, 0.25) is 0 Å². The Morgan fingerprint density at radius 3 is 2.69 bits per heavy atom. The third-order valence-electron chi connectivity index (χ3n) is 4.84. The van der Waals surface area contributed by atoms with Crippen molar-refractivity contribution >= 4 is 28.4 Å². The van der Waals surface area contributed by atoms with Crippen LogP contribution in [0.4, 0.5) is 5.69 Å². The first-order valence-electron chi connectivity index (χ1n) is 9.69. The van der Waals surface area contributed by atoms with Gasteiger partial charge < -0.3 is 14.5 Å². The number of H-pyrrole nitrogens is 1. The quantitative estimate of drug-likeness (QED) is 0.249. The number of methoxy groups -OCH3 is 1. The minimum Gasteiger partial charge on any atom is -0.493 e. The number of allylic oxidation sites excluding steroid dienone is 1. The second kappa shape index (κ2) is 9.02. The van der Waals surface area contributed by atoms with Gasteiger partial charge >= 0.3 is 0 Å². The van der Waals surface area contributed by atoms with Crippen LogP contribution in [0.1, 0.15) is 17.0 Å². The monoisotopic (exact) mass is 426 g/mol. The van der Waals surface area contributed by atoms with E-state index >= 15 is 0 Å². The number of benzene rings is 3. The molecule has 1 heterocycles. The lowest BCUT2D eigenvalue weighted by Crippen LogP contribution is -2.01. The lowest BCUT2D eigenvalue weighted by molar-refractivity contribution is -0.385. The fraction of sp³-hybridized carbons (Fsp3) is 0.0833. The number of nitrogens with one attached hydrogen (secondary N) is 1. The zero-order valence-electron chi connectivity index (χ0n) is 17.1. The Labute approximate surface area is 183 Å². The normalized spacial score (nSPS) is 11.2. The summed E-state index contributed by atoms with van der Waals surface area (Å²) in [7, 11) is 1.51. The maximum atomic E-state index is 11.2. The molecule has 3 aromatic carbocycles. The maximum absolute atomic E-state index is 11.2. The van der Waals surface area contributed by atoms with Crippen molar-refractivity contribution in [3.63, 3.8) is 0 Å². The van der Waals surface area contributed by atoms with E-state index in [0.717, 1.165) is 16.6 Å². The largest absolute Gasteiger partial charge is 0.493 e. The number of hydrogen-bond donors (Lipinski definition) is 1. The summed E-state index contributed by atoms with van der Waals surface area (Å²) in [6.45, 7) is 0.0190. The molecule has 0 saturated carbocycles. The Morgan fingerprint density at radius 1 is 1.16 bits per heavy atom. The van der Waals surface area contributed by atoms with Gasteiger partial charge in [0.05, 0.1) is 34.2 Å². The summed E-state index contributed by atoms with van der Waals surface area (Å²) in [5.41, 5.74) is 3.17. The first kappa shape index (κ1) is 20.6. The molecule has 0 amide bonds. The van der Waals surface area contributed by atoms with Gasteiger partial charge in [0, 0.05) is 6.07 Å². The molecule has 0 spiro atoms. The molecular weight excluding hydrogens is 408 g/mol. The molecule has 1 aromatic heterocycles. The molecule has 0 atom stereocenters. The predicted octanol–water partition coefficient (Wildman–Crippen LogP) is 5.12. The second-order valence-corrected chi connectivity index (χ2v) is 6.86. The minimum atomic E-state index is -0.439. The highest BCUT2D eigenvalue weighted by molar-refractivity contribution is 5.90. The zero-order chi connectivity index (χ0) is 22.5. The number of fused-ring (bicyclic) bond motifs is 1. The number of nitriles is 1. The van der Waals surface area contributed by atoms with Gasteiger partial charge in [0.1, 0.15) is 18.5 Å². The van der Waals surface area contributed by atoms with E-state index in [1.54, 1.807) is 42.5 Å². The summed E-state index contributed by atoms with van der Waals surface area (Å²) < 4.78 is 11.2.